The van der Waals surface area contributed by atoms with Gasteiger partial charge in [-0.2, -0.15) is 0 Å². The maximum absolute atomic E-state index is 6.40. The lowest BCUT2D eigenvalue weighted by Gasteiger charge is -2.07. The number of thiocarbonyl (C=S) groups is 1. The fourth-order valence-electron chi connectivity index (χ4n) is 2.64. The van der Waals surface area contributed by atoms with Crippen molar-refractivity contribution in [2.24, 2.45) is 10.2 Å². The molecule has 148 valence electrons. The van der Waals surface area contributed by atoms with E-state index in [4.69, 9.17) is 23.8 Å². The van der Waals surface area contributed by atoms with Gasteiger partial charge in [-0.05, 0) is 42.5 Å². The zero-order valence-electron chi connectivity index (χ0n) is 15.6. The summed E-state index contributed by atoms with van der Waals surface area (Å²) in [7, 11) is 0. The summed E-state index contributed by atoms with van der Waals surface area (Å²) in [6, 6.07) is 26.7. The van der Waals surface area contributed by atoms with Gasteiger partial charge in [0.25, 0.3) is 0 Å². The van der Waals surface area contributed by atoms with Gasteiger partial charge in [-0.3, -0.25) is 0 Å². The van der Waals surface area contributed by atoms with Crippen LogP contribution >= 0.6 is 35.2 Å². The first-order valence-corrected chi connectivity index (χ1v) is 10.6. The van der Waals surface area contributed by atoms with E-state index in [-0.39, 0.29) is 0 Å². The van der Waals surface area contributed by atoms with Gasteiger partial charge in [-0.1, -0.05) is 77.5 Å². The number of para-hydroxylation sites is 1. The maximum Gasteiger partial charge on any atom is 0.191 e. The summed E-state index contributed by atoms with van der Waals surface area (Å²) in [4.78, 5) is 4.68. The van der Waals surface area contributed by atoms with Crippen molar-refractivity contribution in [3.05, 3.63) is 90.0 Å². The zero-order valence-corrected chi connectivity index (χ0v) is 18.0. The number of rotatable bonds is 5. The Balaban J connectivity index is 1.63. The monoisotopic (exact) mass is 449 g/mol. The normalized spacial score (nSPS) is 10.8. The molecule has 0 unspecified atom stereocenters. The van der Waals surface area contributed by atoms with E-state index in [1.807, 2.05) is 84.9 Å². The summed E-state index contributed by atoms with van der Waals surface area (Å²) in [5, 5.41) is 17.3. The zero-order chi connectivity index (χ0) is 20.8. The molecule has 0 saturated carbocycles. The van der Waals surface area contributed by atoms with Crippen LogP contribution < -0.4 is 10.6 Å². The van der Waals surface area contributed by atoms with Crippen LogP contribution in [0, 0.1) is 0 Å². The van der Waals surface area contributed by atoms with Crippen LogP contribution in [0.1, 0.15) is 0 Å². The van der Waals surface area contributed by atoms with E-state index in [1.165, 1.54) is 11.3 Å². The van der Waals surface area contributed by atoms with Crippen LogP contribution in [0.15, 0.2) is 95.2 Å². The molecule has 0 bridgehead atoms. The van der Waals surface area contributed by atoms with E-state index in [2.05, 4.69) is 25.8 Å². The Morgan fingerprint density at radius 3 is 2.23 bits per heavy atom. The minimum atomic E-state index is 0.437. The Bertz CT molecular complexity index is 1180. The van der Waals surface area contributed by atoms with Gasteiger partial charge in [-0.25, -0.2) is 4.98 Å². The van der Waals surface area contributed by atoms with Gasteiger partial charge in [0.2, 0.25) is 0 Å². The molecule has 2 N–H and O–H groups in total. The summed E-state index contributed by atoms with van der Waals surface area (Å²) < 4.78 is 0. The van der Waals surface area contributed by atoms with Crippen LogP contribution in [0.5, 0.6) is 0 Å². The molecule has 0 aliphatic carbocycles. The highest BCUT2D eigenvalue weighted by Crippen LogP contribution is 2.41. The summed E-state index contributed by atoms with van der Waals surface area (Å²) in [6.45, 7) is 0. The van der Waals surface area contributed by atoms with E-state index in [0.717, 1.165) is 16.9 Å². The number of hydrogen-bond acceptors (Lipinski definition) is 5. The molecule has 1 aromatic heterocycles. The number of benzene rings is 3. The molecule has 8 heteroatoms. The van der Waals surface area contributed by atoms with Gasteiger partial charge >= 0.3 is 0 Å². The molecular formula is C22H16ClN5S2. The molecule has 1 heterocycles. The fraction of sp³-hybridized carbons (Fsp3) is 0. The van der Waals surface area contributed by atoms with Crippen molar-refractivity contribution in [1.82, 2.24) is 4.98 Å². The summed E-state index contributed by atoms with van der Waals surface area (Å²) >= 11 is 13.2. The molecule has 30 heavy (non-hydrogen) atoms. The van der Waals surface area contributed by atoms with Crippen LogP contribution in [-0.2, 0) is 0 Å². The highest BCUT2D eigenvalue weighted by molar-refractivity contribution is 7.80. The first-order chi connectivity index (χ1) is 14.7. The van der Waals surface area contributed by atoms with Crippen molar-refractivity contribution in [3.63, 3.8) is 0 Å². The SMILES string of the molecule is S=C(Nc1ccccc1)Nc1nc(-c2ccccc2Cl)c(N=Nc2ccccc2)s1. The Morgan fingerprint density at radius 2 is 1.50 bits per heavy atom. The van der Waals surface area contributed by atoms with Gasteiger partial charge in [-0.15, -0.1) is 10.2 Å². The molecule has 0 aliphatic rings. The van der Waals surface area contributed by atoms with Gasteiger partial charge < -0.3 is 10.6 Å². The number of nitrogens with zero attached hydrogens (tertiary/aromatic N) is 3. The van der Waals surface area contributed by atoms with Gasteiger partial charge in [0.15, 0.2) is 15.2 Å². The Labute approximate surface area is 188 Å². The third-order valence-electron chi connectivity index (χ3n) is 4.00. The lowest BCUT2D eigenvalue weighted by molar-refractivity contribution is 1.24. The van der Waals surface area contributed by atoms with E-state index < -0.39 is 0 Å². The van der Waals surface area contributed by atoms with Crippen molar-refractivity contribution < 1.29 is 0 Å². The standard InChI is InChI=1S/C22H16ClN5S2/c23-18-14-8-7-13-17(18)19-20(28-27-16-11-5-2-6-12-16)30-22(25-19)26-21(29)24-15-9-3-1-4-10-15/h1-14H,(H2,24,25,26,29). The van der Waals surface area contributed by atoms with E-state index in [9.17, 15) is 0 Å². The second-order valence-electron chi connectivity index (χ2n) is 6.13. The number of aromatic nitrogens is 1. The lowest BCUT2D eigenvalue weighted by Crippen LogP contribution is -2.18. The molecule has 0 atom stereocenters. The number of halogens is 1. The Kier molecular flexibility index (Phi) is 6.44. The van der Waals surface area contributed by atoms with Gasteiger partial charge in [0, 0.05) is 11.3 Å². The molecule has 0 fully saturated rings. The average Bonchev–Trinajstić information content (AvgIpc) is 3.16. The molecule has 0 saturated heterocycles. The van der Waals surface area contributed by atoms with Crippen LogP contribution in [-0.4, -0.2) is 10.1 Å². The van der Waals surface area contributed by atoms with Crippen LogP contribution in [0.4, 0.5) is 21.5 Å². The van der Waals surface area contributed by atoms with Crippen LogP contribution in [0.3, 0.4) is 0 Å². The molecular weight excluding hydrogens is 434 g/mol. The van der Waals surface area contributed by atoms with Crippen LogP contribution in [0.25, 0.3) is 11.3 Å². The molecule has 4 aromatic rings. The van der Waals surface area contributed by atoms with Crippen molar-refractivity contribution >= 4 is 61.8 Å². The second kappa shape index (κ2) is 9.58. The van der Waals surface area contributed by atoms with Crippen molar-refractivity contribution in [3.8, 4) is 11.3 Å². The van der Waals surface area contributed by atoms with Gasteiger partial charge in [0.05, 0.1) is 10.7 Å². The quantitative estimate of drug-likeness (QED) is 0.242. The number of thiazole rings is 1. The summed E-state index contributed by atoms with van der Waals surface area (Å²) in [6.07, 6.45) is 0. The van der Waals surface area contributed by atoms with E-state index in [0.29, 0.717) is 26.0 Å². The van der Waals surface area contributed by atoms with Crippen molar-refractivity contribution in [2.75, 3.05) is 10.6 Å². The molecule has 4 rings (SSSR count). The van der Waals surface area contributed by atoms with E-state index in [1.54, 1.807) is 0 Å². The van der Waals surface area contributed by atoms with E-state index >= 15 is 0 Å². The van der Waals surface area contributed by atoms with Crippen LogP contribution in [0.2, 0.25) is 5.02 Å². The number of azo groups is 1. The molecule has 0 spiro atoms. The van der Waals surface area contributed by atoms with Crippen molar-refractivity contribution in [2.45, 2.75) is 0 Å². The minimum Gasteiger partial charge on any atom is -0.332 e. The molecule has 0 amide bonds. The number of hydrogen-bond donors (Lipinski definition) is 2. The Morgan fingerprint density at radius 1 is 0.833 bits per heavy atom. The topological polar surface area (TPSA) is 61.7 Å². The highest BCUT2D eigenvalue weighted by atomic mass is 35.5. The number of anilines is 2. The van der Waals surface area contributed by atoms with Crippen molar-refractivity contribution in [1.29, 1.82) is 0 Å². The largest absolute Gasteiger partial charge is 0.332 e. The lowest BCUT2D eigenvalue weighted by atomic mass is 10.2. The minimum absolute atomic E-state index is 0.437. The first kappa shape index (κ1) is 20.2. The summed E-state index contributed by atoms with van der Waals surface area (Å²) in [5.41, 5.74) is 3.08. The molecule has 5 nitrogen and oxygen atoms in total. The third-order valence-corrected chi connectivity index (χ3v) is 5.39. The second-order valence-corrected chi connectivity index (χ2v) is 7.93. The maximum atomic E-state index is 6.40. The smallest absolute Gasteiger partial charge is 0.191 e. The molecule has 0 radical (unpaired) electrons. The third kappa shape index (κ3) is 5.07. The molecule has 0 aliphatic heterocycles. The first-order valence-electron chi connectivity index (χ1n) is 9.04. The molecule has 3 aromatic carbocycles. The highest BCUT2D eigenvalue weighted by Gasteiger charge is 2.16. The summed E-state index contributed by atoms with van der Waals surface area (Å²) in [5.74, 6) is 0. The Hall–Kier alpha value is -3.13. The van der Waals surface area contributed by atoms with Gasteiger partial charge in [0.1, 0.15) is 5.69 Å². The predicted octanol–water partition coefficient (Wildman–Crippen LogP) is 7.69. The average molecular weight is 450 g/mol. The fourth-order valence-corrected chi connectivity index (χ4v) is 3.95. The number of nitrogens with one attached hydrogen (secondary N) is 2. The predicted molar refractivity (Wildman–Crippen MR) is 129 cm³/mol.